The van der Waals surface area contributed by atoms with Crippen molar-refractivity contribution in [1.82, 2.24) is 9.82 Å². The number of hydrogen-bond donors (Lipinski definition) is 1. The van der Waals surface area contributed by atoms with Gasteiger partial charge in [0.1, 0.15) is 10.0 Å². The monoisotopic (exact) mass is 393 g/mol. The summed E-state index contributed by atoms with van der Waals surface area (Å²) in [4.78, 5) is 6.26. The Bertz CT molecular complexity index is 928. The van der Waals surface area contributed by atoms with Crippen LogP contribution in [0.4, 0.5) is 11.4 Å². The molecule has 0 fully saturated rings. The molecule has 1 heterocycles. The highest BCUT2D eigenvalue weighted by molar-refractivity contribution is 7.89. The van der Waals surface area contributed by atoms with Gasteiger partial charge in [-0.25, -0.2) is 13.4 Å². The van der Waals surface area contributed by atoms with E-state index in [9.17, 15) is 8.42 Å². The van der Waals surface area contributed by atoms with Gasteiger partial charge in [0.05, 0.1) is 16.4 Å². The minimum atomic E-state index is -3.92. The van der Waals surface area contributed by atoms with Crippen molar-refractivity contribution in [2.45, 2.75) is 4.90 Å². The Morgan fingerprint density at radius 2 is 1.40 bits per heavy atom. The molecule has 2 aromatic carbocycles. The summed E-state index contributed by atoms with van der Waals surface area (Å²) >= 11 is 11.6. The van der Waals surface area contributed by atoms with Crippen molar-refractivity contribution in [3.05, 3.63) is 83.1 Å². The summed E-state index contributed by atoms with van der Waals surface area (Å²) in [5, 5.41) is 1.58. The zero-order valence-electron chi connectivity index (χ0n) is 12.8. The molecule has 3 aromatic rings. The van der Waals surface area contributed by atoms with Gasteiger partial charge in [-0.3, -0.25) is 5.01 Å². The first-order valence-corrected chi connectivity index (χ1v) is 9.45. The zero-order valence-corrected chi connectivity index (χ0v) is 15.1. The third kappa shape index (κ3) is 4.11. The number of anilines is 2. The standard InChI is InChI=1S/C17H13Cl2N3O2S/c18-16-11-15(12-20-17(16)19)25(23,24)21-22(13-7-3-1-4-8-13)14-9-5-2-6-10-14/h1-12,21H. The normalized spacial score (nSPS) is 11.3. The van der Waals surface area contributed by atoms with E-state index in [2.05, 4.69) is 9.82 Å². The van der Waals surface area contributed by atoms with Gasteiger partial charge < -0.3 is 0 Å². The molecule has 5 nitrogen and oxygen atoms in total. The Balaban J connectivity index is 2.01. The van der Waals surface area contributed by atoms with E-state index >= 15 is 0 Å². The smallest absolute Gasteiger partial charge is 0.259 e. The first-order chi connectivity index (χ1) is 12.0. The second-order valence-electron chi connectivity index (χ2n) is 5.04. The number of halogens is 2. The first-order valence-electron chi connectivity index (χ1n) is 7.21. The number of rotatable bonds is 5. The Labute approximate surface area is 155 Å². The predicted octanol–water partition coefficient (Wildman–Crippen LogP) is 4.42. The van der Waals surface area contributed by atoms with Crippen LogP contribution in [0.3, 0.4) is 0 Å². The van der Waals surface area contributed by atoms with Gasteiger partial charge in [0.15, 0.2) is 0 Å². The lowest BCUT2D eigenvalue weighted by atomic mass is 10.2. The summed E-state index contributed by atoms with van der Waals surface area (Å²) in [6.07, 6.45) is 1.16. The molecule has 8 heteroatoms. The largest absolute Gasteiger partial charge is 0.263 e. The maximum atomic E-state index is 12.8. The average Bonchev–Trinajstić information content (AvgIpc) is 2.63. The van der Waals surface area contributed by atoms with Crippen LogP contribution < -0.4 is 9.84 Å². The molecule has 1 N–H and O–H groups in total. The van der Waals surface area contributed by atoms with Gasteiger partial charge >= 0.3 is 0 Å². The Kier molecular flexibility index (Phi) is 5.24. The van der Waals surface area contributed by atoms with Gasteiger partial charge in [-0.15, -0.1) is 4.83 Å². The second-order valence-corrected chi connectivity index (χ2v) is 7.47. The van der Waals surface area contributed by atoms with Crippen LogP contribution in [0, 0.1) is 0 Å². The molecule has 128 valence electrons. The molecule has 3 rings (SSSR count). The van der Waals surface area contributed by atoms with Gasteiger partial charge in [0.2, 0.25) is 0 Å². The summed E-state index contributed by atoms with van der Waals surface area (Å²) in [5.41, 5.74) is 1.32. The molecule has 0 spiro atoms. The van der Waals surface area contributed by atoms with E-state index in [1.165, 1.54) is 11.1 Å². The van der Waals surface area contributed by atoms with Crippen LogP contribution in [0.2, 0.25) is 10.2 Å². The zero-order chi connectivity index (χ0) is 17.9. The summed E-state index contributed by atoms with van der Waals surface area (Å²) in [5.74, 6) is 0. The van der Waals surface area contributed by atoms with Crippen LogP contribution in [0.1, 0.15) is 0 Å². The quantitative estimate of drug-likeness (QED) is 0.514. The molecule has 0 atom stereocenters. The molecule has 25 heavy (non-hydrogen) atoms. The maximum absolute atomic E-state index is 12.8. The summed E-state index contributed by atoms with van der Waals surface area (Å²) in [6.45, 7) is 0. The third-order valence-electron chi connectivity index (χ3n) is 3.32. The van der Waals surface area contributed by atoms with E-state index in [1.54, 1.807) is 24.3 Å². The van der Waals surface area contributed by atoms with Crippen molar-refractivity contribution in [2.24, 2.45) is 0 Å². The highest BCUT2D eigenvalue weighted by Gasteiger charge is 2.21. The van der Waals surface area contributed by atoms with Crippen molar-refractivity contribution < 1.29 is 8.42 Å². The minimum absolute atomic E-state index is 0.0450. The van der Waals surface area contributed by atoms with Crippen molar-refractivity contribution in [2.75, 3.05) is 5.01 Å². The molecular weight excluding hydrogens is 381 g/mol. The van der Waals surface area contributed by atoms with E-state index in [1.807, 2.05) is 36.4 Å². The molecule has 1 aromatic heterocycles. The van der Waals surface area contributed by atoms with Crippen molar-refractivity contribution in [3.63, 3.8) is 0 Å². The van der Waals surface area contributed by atoms with Crippen molar-refractivity contribution in [1.29, 1.82) is 0 Å². The molecule has 0 aliphatic rings. The van der Waals surface area contributed by atoms with E-state index in [4.69, 9.17) is 23.2 Å². The molecule has 0 saturated heterocycles. The van der Waals surface area contributed by atoms with Crippen molar-refractivity contribution >= 4 is 44.6 Å². The Morgan fingerprint density at radius 3 is 1.88 bits per heavy atom. The Hall–Kier alpha value is -2.12. The molecule has 0 aliphatic heterocycles. The summed E-state index contributed by atoms with van der Waals surface area (Å²) in [6, 6.07) is 19.4. The van der Waals surface area contributed by atoms with Gasteiger partial charge in [-0.2, -0.15) is 0 Å². The number of benzene rings is 2. The number of sulfonamides is 1. The number of para-hydroxylation sites is 2. The van der Waals surface area contributed by atoms with Crippen LogP contribution in [-0.4, -0.2) is 13.4 Å². The molecule has 0 aliphatic carbocycles. The number of nitrogens with zero attached hydrogens (tertiary/aromatic N) is 2. The average molecular weight is 394 g/mol. The molecule has 0 saturated carbocycles. The lowest BCUT2D eigenvalue weighted by molar-refractivity contribution is 0.582. The number of pyridine rings is 1. The fraction of sp³-hybridized carbons (Fsp3) is 0. The molecule has 0 unspecified atom stereocenters. The fourth-order valence-corrected chi connectivity index (χ4v) is 3.49. The second kappa shape index (κ2) is 7.41. The third-order valence-corrected chi connectivity index (χ3v) is 5.27. The number of hydrazine groups is 1. The summed E-state index contributed by atoms with van der Waals surface area (Å²) < 4.78 is 25.5. The van der Waals surface area contributed by atoms with Gasteiger partial charge in [0, 0.05) is 6.20 Å². The highest BCUT2D eigenvalue weighted by Crippen LogP contribution is 2.26. The van der Waals surface area contributed by atoms with Crippen LogP contribution in [-0.2, 0) is 10.0 Å². The number of aromatic nitrogens is 1. The first kappa shape index (κ1) is 17.7. The predicted molar refractivity (Wildman–Crippen MR) is 99.6 cm³/mol. The van der Waals surface area contributed by atoms with Crippen LogP contribution in [0.5, 0.6) is 0 Å². The number of hydrogen-bond acceptors (Lipinski definition) is 4. The van der Waals surface area contributed by atoms with Gasteiger partial charge in [-0.1, -0.05) is 59.6 Å². The molecule has 0 radical (unpaired) electrons. The van der Waals surface area contributed by atoms with Gasteiger partial charge in [-0.05, 0) is 30.3 Å². The van der Waals surface area contributed by atoms with E-state index in [-0.39, 0.29) is 15.1 Å². The fourth-order valence-electron chi connectivity index (χ4n) is 2.13. The SMILES string of the molecule is O=S(=O)(NN(c1ccccc1)c1ccccc1)c1cnc(Cl)c(Cl)c1. The maximum Gasteiger partial charge on any atom is 0.259 e. The molecular formula is C17H13Cl2N3O2S. The lowest BCUT2D eigenvalue weighted by Gasteiger charge is -2.25. The topological polar surface area (TPSA) is 62.3 Å². The van der Waals surface area contributed by atoms with Crippen LogP contribution >= 0.6 is 23.2 Å². The molecule has 0 bridgehead atoms. The van der Waals surface area contributed by atoms with E-state index in [0.717, 1.165) is 6.20 Å². The van der Waals surface area contributed by atoms with Crippen LogP contribution in [0.15, 0.2) is 77.8 Å². The number of nitrogens with one attached hydrogen (secondary N) is 1. The highest BCUT2D eigenvalue weighted by atomic mass is 35.5. The van der Waals surface area contributed by atoms with Gasteiger partial charge in [0.25, 0.3) is 10.0 Å². The summed E-state index contributed by atoms with van der Waals surface area (Å²) in [7, 11) is -3.92. The minimum Gasteiger partial charge on any atom is -0.263 e. The molecule has 0 amide bonds. The Morgan fingerprint density at radius 1 is 0.880 bits per heavy atom. The van der Waals surface area contributed by atoms with E-state index in [0.29, 0.717) is 11.4 Å². The van der Waals surface area contributed by atoms with Crippen molar-refractivity contribution in [3.8, 4) is 0 Å². The van der Waals surface area contributed by atoms with Crippen LogP contribution in [0.25, 0.3) is 0 Å². The van der Waals surface area contributed by atoms with E-state index < -0.39 is 10.0 Å². The lowest BCUT2D eigenvalue weighted by Crippen LogP contribution is -2.38.